The largest absolute Gasteiger partial charge is 1.00 e. The molecule has 0 atom stereocenters. The van der Waals surface area contributed by atoms with Crippen molar-refractivity contribution in [3.8, 4) is 11.1 Å². The summed E-state index contributed by atoms with van der Waals surface area (Å²) in [5, 5.41) is 11.5. The van der Waals surface area contributed by atoms with Crippen LogP contribution in [0.2, 0.25) is 0 Å². The second kappa shape index (κ2) is 8.87. The minimum atomic E-state index is -1.27. The van der Waals surface area contributed by atoms with Crippen molar-refractivity contribution < 1.29 is 49.0 Å². The minimum absolute atomic E-state index is 0. The van der Waals surface area contributed by atoms with Crippen molar-refractivity contribution in [2.75, 3.05) is 11.9 Å². The number of aromatic nitrogens is 2. The molecule has 0 fully saturated rings. The van der Waals surface area contributed by atoms with Crippen LogP contribution >= 0.6 is 0 Å². The van der Waals surface area contributed by atoms with Crippen molar-refractivity contribution in [1.82, 2.24) is 9.97 Å². The Hall–Kier alpha value is -2.52. The molecule has 0 spiro atoms. The molecule has 0 aliphatic heterocycles. The van der Waals surface area contributed by atoms with Crippen LogP contribution in [-0.4, -0.2) is 33.7 Å². The molecule has 0 saturated heterocycles. The number of ether oxygens (including phenoxy) is 1. The fourth-order valence-corrected chi connectivity index (χ4v) is 3.49. The predicted molar refractivity (Wildman–Crippen MR) is 103 cm³/mol. The number of anilines is 1. The Kier molecular flexibility index (Phi) is 6.49. The molecule has 7 nitrogen and oxygen atoms in total. The monoisotopic (exact) mass is 415 g/mol. The number of rotatable bonds is 4. The van der Waals surface area contributed by atoms with Crippen molar-refractivity contribution >= 4 is 30.5 Å². The maximum absolute atomic E-state index is 12.3. The van der Waals surface area contributed by atoms with Crippen LogP contribution in [0.15, 0.2) is 59.9 Å². The average Bonchev–Trinajstić information content (AvgIpc) is 3.00. The van der Waals surface area contributed by atoms with Crippen LogP contribution in [0.5, 0.6) is 0 Å². The molecule has 4 rings (SSSR count). The van der Waals surface area contributed by atoms with E-state index in [1.807, 2.05) is 48.5 Å². The number of benzene rings is 2. The van der Waals surface area contributed by atoms with E-state index in [1.165, 1.54) is 0 Å². The molecule has 3 aromatic rings. The summed E-state index contributed by atoms with van der Waals surface area (Å²) in [6.07, 6.45) is 0.244. The standard InChI is InChI=1S/C20H15N3O4S.Na/c24-18(25)15-9-21-19(28)22-17(15)23-20(26)27-10-16-13-7-3-1-5-11(13)12-6-2-4-8-14(12)16;/h1-9,16H,10H2,(H,24,25)(H2,21,22,23,26,28);/q;+1/p-1. The molecule has 140 valence electrons. The van der Waals surface area contributed by atoms with Crippen LogP contribution in [0.3, 0.4) is 0 Å². The minimum Gasteiger partial charge on any atom is -0.740 e. The molecule has 1 amide bonds. The zero-order valence-corrected chi connectivity index (χ0v) is 18.3. The maximum Gasteiger partial charge on any atom is 1.00 e. The SMILES string of the molecule is O=C(Nc1nc([S-])ncc1C(=O)O)OCC1c2ccccc2-c2ccccc21.[Na+]. The Balaban J connectivity index is 0.00000240. The molecule has 0 saturated carbocycles. The van der Waals surface area contributed by atoms with Crippen LogP contribution in [0, 0.1) is 0 Å². The van der Waals surface area contributed by atoms with Crippen molar-refractivity contribution in [1.29, 1.82) is 0 Å². The van der Waals surface area contributed by atoms with Gasteiger partial charge in [0, 0.05) is 17.3 Å². The van der Waals surface area contributed by atoms with Crippen LogP contribution < -0.4 is 34.9 Å². The number of carbonyl (C=O) groups is 2. The summed E-state index contributed by atoms with van der Waals surface area (Å²) in [7, 11) is 0. The van der Waals surface area contributed by atoms with Gasteiger partial charge in [-0.05, 0) is 22.3 Å². The van der Waals surface area contributed by atoms with E-state index in [-0.39, 0.29) is 58.6 Å². The Morgan fingerprint density at radius 2 is 1.66 bits per heavy atom. The van der Waals surface area contributed by atoms with Crippen LogP contribution in [0.1, 0.15) is 27.4 Å². The predicted octanol–water partition coefficient (Wildman–Crippen LogP) is 0.446. The van der Waals surface area contributed by atoms with Crippen molar-refractivity contribution in [3.05, 3.63) is 71.4 Å². The van der Waals surface area contributed by atoms with E-state index < -0.39 is 12.1 Å². The van der Waals surface area contributed by atoms with Crippen molar-refractivity contribution in [2.24, 2.45) is 0 Å². The first-order valence-corrected chi connectivity index (χ1v) is 8.85. The Morgan fingerprint density at radius 1 is 1.07 bits per heavy atom. The smallest absolute Gasteiger partial charge is 0.740 e. The second-order valence-electron chi connectivity index (χ2n) is 6.17. The molecule has 29 heavy (non-hydrogen) atoms. The van der Waals surface area contributed by atoms with Gasteiger partial charge in [0.25, 0.3) is 0 Å². The number of carboxylic acids is 1. The second-order valence-corrected chi connectivity index (χ2v) is 6.54. The number of amides is 1. The number of hydrogen-bond acceptors (Lipinski definition) is 6. The quantitative estimate of drug-likeness (QED) is 0.362. The first-order valence-electron chi connectivity index (χ1n) is 8.44. The summed E-state index contributed by atoms with van der Waals surface area (Å²) in [5.41, 5.74) is 4.14. The van der Waals surface area contributed by atoms with E-state index in [4.69, 9.17) is 17.4 Å². The van der Waals surface area contributed by atoms with Crippen molar-refractivity contribution in [2.45, 2.75) is 11.1 Å². The normalized spacial score (nSPS) is 11.7. The number of fused-ring (bicyclic) bond motifs is 3. The molecule has 2 N–H and O–H groups in total. The fourth-order valence-electron chi connectivity index (χ4n) is 3.35. The Labute approximate surface area is 194 Å². The molecule has 2 aromatic carbocycles. The summed E-state index contributed by atoms with van der Waals surface area (Å²) in [6.45, 7) is 0.105. The molecule has 0 bridgehead atoms. The molecule has 1 aliphatic rings. The average molecular weight is 415 g/mol. The number of aromatic carboxylic acids is 1. The van der Waals surface area contributed by atoms with Gasteiger partial charge in [-0.1, -0.05) is 48.5 Å². The number of carboxylic acid groups (broad SMARTS) is 1. The van der Waals surface area contributed by atoms with Crippen molar-refractivity contribution in [3.63, 3.8) is 0 Å². The van der Waals surface area contributed by atoms with E-state index in [9.17, 15) is 14.7 Å². The van der Waals surface area contributed by atoms with Gasteiger partial charge in [0.15, 0.2) is 5.82 Å². The molecule has 1 aliphatic carbocycles. The molecular formula is C20H14N3NaO4S. The van der Waals surface area contributed by atoms with Gasteiger partial charge in [0.1, 0.15) is 12.2 Å². The van der Waals surface area contributed by atoms with Gasteiger partial charge in [-0.3, -0.25) is 10.3 Å². The van der Waals surface area contributed by atoms with E-state index in [0.29, 0.717) is 0 Å². The summed E-state index contributed by atoms with van der Waals surface area (Å²) >= 11 is 4.83. The summed E-state index contributed by atoms with van der Waals surface area (Å²) in [4.78, 5) is 31.0. The molecule has 0 unspecified atom stereocenters. The molecule has 0 radical (unpaired) electrons. The van der Waals surface area contributed by atoms with E-state index in [1.54, 1.807) is 0 Å². The first-order chi connectivity index (χ1) is 13.5. The Bertz CT molecular complexity index is 1050. The summed E-state index contributed by atoms with van der Waals surface area (Å²) in [5.74, 6) is -1.56. The van der Waals surface area contributed by atoms with E-state index >= 15 is 0 Å². The third-order valence-corrected chi connectivity index (χ3v) is 4.76. The Morgan fingerprint density at radius 3 is 2.24 bits per heavy atom. The van der Waals surface area contributed by atoms with Gasteiger partial charge in [0.05, 0.1) is 0 Å². The summed E-state index contributed by atoms with van der Waals surface area (Å²) < 4.78 is 5.38. The number of hydrogen-bond donors (Lipinski definition) is 2. The molecule has 1 aromatic heterocycles. The molecule has 9 heteroatoms. The molecular weight excluding hydrogens is 401 g/mol. The topological polar surface area (TPSA) is 101 Å². The number of carbonyl (C=O) groups excluding carboxylic acids is 1. The van der Waals surface area contributed by atoms with Gasteiger partial charge in [0.2, 0.25) is 0 Å². The zero-order valence-electron chi connectivity index (χ0n) is 15.5. The van der Waals surface area contributed by atoms with Crippen LogP contribution in [0.25, 0.3) is 11.1 Å². The first kappa shape index (κ1) is 21.2. The van der Waals surface area contributed by atoms with Crippen LogP contribution in [0.4, 0.5) is 10.6 Å². The fraction of sp³-hybridized carbons (Fsp3) is 0.100. The number of nitrogens with one attached hydrogen (secondary N) is 1. The molecule has 1 heterocycles. The van der Waals surface area contributed by atoms with Gasteiger partial charge >= 0.3 is 41.6 Å². The van der Waals surface area contributed by atoms with Crippen LogP contribution in [-0.2, 0) is 17.4 Å². The van der Waals surface area contributed by atoms with Gasteiger partial charge in [-0.2, -0.15) is 0 Å². The third-order valence-electron chi connectivity index (χ3n) is 4.56. The van der Waals surface area contributed by atoms with E-state index in [0.717, 1.165) is 28.5 Å². The zero-order chi connectivity index (χ0) is 19.7. The number of nitrogens with zero attached hydrogens (tertiary/aromatic N) is 2. The summed E-state index contributed by atoms with van der Waals surface area (Å²) in [6, 6.07) is 15.9. The maximum atomic E-state index is 12.3. The van der Waals surface area contributed by atoms with E-state index in [2.05, 4.69) is 15.3 Å². The van der Waals surface area contributed by atoms with Gasteiger partial charge < -0.3 is 22.5 Å². The van der Waals surface area contributed by atoms with Gasteiger partial charge in [-0.15, -0.1) is 0 Å². The van der Waals surface area contributed by atoms with Gasteiger partial charge in [-0.25, -0.2) is 14.6 Å². The third kappa shape index (κ3) is 4.25.